The Bertz CT molecular complexity index is 1240. The third kappa shape index (κ3) is 5.58. The molecule has 1 aliphatic heterocycles. The fraction of sp³-hybridized carbons (Fsp3) is 0.400. The van der Waals surface area contributed by atoms with E-state index in [2.05, 4.69) is 27.3 Å². The molecular weight excluding hydrogens is 436 g/mol. The Balaban J connectivity index is 1.48. The van der Waals surface area contributed by atoms with E-state index in [9.17, 15) is 9.59 Å². The fourth-order valence-electron chi connectivity index (χ4n) is 4.31. The van der Waals surface area contributed by atoms with E-state index in [1.54, 1.807) is 25.3 Å². The van der Waals surface area contributed by atoms with Crippen molar-refractivity contribution in [3.63, 3.8) is 0 Å². The van der Waals surface area contributed by atoms with Gasteiger partial charge in [-0.05, 0) is 73.9 Å². The molecule has 0 unspecified atom stereocenters. The van der Waals surface area contributed by atoms with Gasteiger partial charge in [0, 0.05) is 38.9 Å². The molecule has 1 fully saturated rings. The van der Waals surface area contributed by atoms with Crippen LogP contribution < -0.4 is 10.9 Å². The van der Waals surface area contributed by atoms with Crippen molar-refractivity contribution < 1.29 is 9.53 Å². The third-order valence-electron chi connectivity index (χ3n) is 6.12. The van der Waals surface area contributed by atoms with Gasteiger partial charge in [0.05, 0.1) is 10.9 Å². The number of amides is 1. The molecular formula is C25H30N4O3S. The minimum absolute atomic E-state index is 0.160. The highest BCUT2D eigenvalue weighted by Gasteiger charge is 2.15. The van der Waals surface area contributed by atoms with Crippen molar-refractivity contribution in [2.75, 3.05) is 26.8 Å². The van der Waals surface area contributed by atoms with Crippen LogP contribution in [0.25, 0.3) is 10.9 Å². The number of ether oxygens (including phenoxy) is 1. The standard InChI is InChI=1S/C25H30N4O3S/c1-32-14-6-13-29-24(31)21-10-9-18(15-22(21)27-25(29)33)23(30)26-16-19-7-2-3-8-20(19)17-28-11-4-5-12-28/h2-3,7-10,15H,4-6,11-14,16-17H2,1H3,(H,26,30)(H,27,33). The van der Waals surface area contributed by atoms with E-state index in [0.29, 0.717) is 47.4 Å². The normalized spacial score (nSPS) is 14.1. The number of H-pyrrole nitrogens is 1. The number of hydrogen-bond donors (Lipinski definition) is 2. The Labute approximate surface area is 198 Å². The third-order valence-corrected chi connectivity index (χ3v) is 6.45. The first-order valence-corrected chi connectivity index (χ1v) is 11.8. The molecule has 2 aromatic carbocycles. The molecule has 174 valence electrons. The van der Waals surface area contributed by atoms with Gasteiger partial charge in [0.2, 0.25) is 0 Å². The number of nitrogens with zero attached hydrogens (tertiary/aromatic N) is 2. The van der Waals surface area contributed by atoms with Crippen LogP contribution in [0.5, 0.6) is 0 Å². The number of carbonyl (C=O) groups excluding carboxylic acids is 1. The maximum atomic E-state index is 12.9. The molecule has 1 aliphatic rings. The predicted molar refractivity (Wildman–Crippen MR) is 132 cm³/mol. The number of likely N-dealkylation sites (tertiary alicyclic amines) is 1. The Morgan fingerprint density at radius 2 is 1.91 bits per heavy atom. The van der Waals surface area contributed by atoms with Crippen molar-refractivity contribution in [1.82, 2.24) is 19.8 Å². The Morgan fingerprint density at radius 3 is 2.67 bits per heavy atom. The molecule has 1 saturated heterocycles. The van der Waals surface area contributed by atoms with Gasteiger partial charge in [0.1, 0.15) is 0 Å². The summed E-state index contributed by atoms with van der Waals surface area (Å²) in [7, 11) is 1.63. The largest absolute Gasteiger partial charge is 0.385 e. The van der Waals surface area contributed by atoms with Crippen molar-refractivity contribution in [3.05, 3.63) is 74.3 Å². The lowest BCUT2D eigenvalue weighted by Gasteiger charge is -2.17. The first kappa shape index (κ1) is 23.4. The second-order valence-electron chi connectivity index (χ2n) is 8.43. The Morgan fingerprint density at radius 1 is 1.15 bits per heavy atom. The van der Waals surface area contributed by atoms with Crippen LogP contribution in [0.1, 0.15) is 40.7 Å². The zero-order valence-corrected chi connectivity index (χ0v) is 19.7. The summed E-state index contributed by atoms with van der Waals surface area (Å²) in [5, 5.41) is 3.53. The maximum absolute atomic E-state index is 12.9. The molecule has 0 radical (unpaired) electrons. The van der Waals surface area contributed by atoms with Crippen LogP contribution >= 0.6 is 12.2 Å². The summed E-state index contributed by atoms with van der Waals surface area (Å²) < 4.78 is 6.94. The lowest BCUT2D eigenvalue weighted by Crippen LogP contribution is -2.26. The number of aromatic nitrogens is 2. The van der Waals surface area contributed by atoms with Crippen LogP contribution in [0.15, 0.2) is 47.3 Å². The second-order valence-corrected chi connectivity index (χ2v) is 8.81. The number of benzene rings is 2. The van der Waals surface area contributed by atoms with Gasteiger partial charge in [0.15, 0.2) is 4.77 Å². The number of fused-ring (bicyclic) bond motifs is 1. The van der Waals surface area contributed by atoms with E-state index >= 15 is 0 Å². The van der Waals surface area contributed by atoms with Gasteiger partial charge in [-0.2, -0.15) is 0 Å². The lowest BCUT2D eigenvalue weighted by atomic mass is 10.1. The molecule has 0 bridgehead atoms. The number of carbonyl (C=O) groups is 1. The Hall–Kier alpha value is -2.81. The summed E-state index contributed by atoms with van der Waals surface area (Å²) in [6, 6.07) is 13.3. The van der Waals surface area contributed by atoms with Gasteiger partial charge in [-0.1, -0.05) is 24.3 Å². The summed E-state index contributed by atoms with van der Waals surface area (Å²) in [6.07, 6.45) is 3.20. The molecule has 0 spiro atoms. The highest BCUT2D eigenvalue weighted by atomic mass is 32.1. The molecule has 8 heteroatoms. The van der Waals surface area contributed by atoms with E-state index < -0.39 is 0 Å². The topological polar surface area (TPSA) is 79.4 Å². The molecule has 1 aromatic heterocycles. The van der Waals surface area contributed by atoms with Crippen LogP contribution in [-0.2, 0) is 24.4 Å². The van der Waals surface area contributed by atoms with Gasteiger partial charge in [0.25, 0.3) is 11.5 Å². The number of nitrogens with one attached hydrogen (secondary N) is 2. The SMILES string of the molecule is COCCCn1c(=S)[nH]c2cc(C(=O)NCc3ccccc3CN3CCCC3)ccc2c1=O. The van der Waals surface area contributed by atoms with Gasteiger partial charge in [-0.3, -0.25) is 19.1 Å². The summed E-state index contributed by atoms with van der Waals surface area (Å²) in [6.45, 7) is 4.67. The van der Waals surface area contributed by atoms with E-state index in [4.69, 9.17) is 17.0 Å². The number of aromatic amines is 1. The summed E-state index contributed by atoms with van der Waals surface area (Å²) >= 11 is 5.38. The second kappa shape index (κ2) is 10.9. The minimum atomic E-state index is -0.184. The van der Waals surface area contributed by atoms with Crippen molar-refractivity contribution in [1.29, 1.82) is 0 Å². The average molecular weight is 467 g/mol. The molecule has 4 rings (SSSR count). The first-order chi connectivity index (χ1) is 16.1. The van der Waals surface area contributed by atoms with Crippen molar-refractivity contribution in [2.45, 2.75) is 38.9 Å². The fourth-order valence-corrected chi connectivity index (χ4v) is 4.59. The van der Waals surface area contributed by atoms with Crippen LogP contribution in [-0.4, -0.2) is 47.2 Å². The van der Waals surface area contributed by atoms with Crippen molar-refractivity contribution >= 4 is 29.0 Å². The molecule has 2 heterocycles. The van der Waals surface area contributed by atoms with Gasteiger partial charge in [-0.15, -0.1) is 0 Å². The van der Waals surface area contributed by atoms with Crippen LogP contribution in [0, 0.1) is 4.77 Å². The van der Waals surface area contributed by atoms with Gasteiger partial charge >= 0.3 is 0 Å². The summed E-state index contributed by atoms with van der Waals surface area (Å²) in [5.74, 6) is -0.184. The molecule has 7 nitrogen and oxygen atoms in total. The molecule has 0 aliphatic carbocycles. The lowest BCUT2D eigenvalue weighted by molar-refractivity contribution is 0.0951. The van der Waals surface area contributed by atoms with E-state index in [1.807, 2.05) is 12.1 Å². The number of rotatable bonds is 9. The monoisotopic (exact) mass is 466 g/mol. The minimum Gasteiger partial charge on any atom is -0.385 e. The number of hydrogen-bond acceptors (Lipinski definition) is 5. The van der Waals surface area contributed by atoms with Gasteiger partial charge < -0.3 is 15.0 Å². The predicted octanol–water partition coefficient (Wildman–Crippen LogP) is 3.62. The van der Waals surface area contributed by atoms with E-state index in [0.717, 1.165) is 25.2 Å². The van der Waals surface area contributed by atoms with Crippen LogP contribution in [0.2, 0.25) is 0 Å². The molecule has 2 N–H and O–H groups in total. The smallest absolute Gasteiger partial charge is 0.262 e. The zero-order chi connectivity index (χ0) is 23.2. The maximum Gasteiger partial charge on any atom is 0.262 e. The molecule has 3 aromatic rings. The Kier molecular flexibility index (Phi) is 7.69. The van der Waals surface area contributed by atoms with Gasteiger partial charge in [-0.25, -0.2) is 0 Å². The van der Waals surface area contributed by atoms with Crippen LogP contribution in [0.4, 0.5) is 0 Å². The van der Waals surface area contributed by atoms with E-state index in [-0.39, 0.29) is 11.5 Å². The molecule has 0 atom stereocenters. The summed E-state index contributed by atoms with van der Waals surface area (Å²) in [4.78, 5) is 31.3. The molecule has 33 heavy (non-hydrogen) atoms. The molecule has 0 saturated carbocycles. The highest BCUT2D eigenvalue weighted by molar-refractivity contribution is 7.71. The average Bonchev–Trinajstić information content (AvgIpc) is 3.33. The molecule has 1 amide bonds. The van der Waals surface area contributed by atoms with Crippen LogP contribution in [0.3, 0.4) is 0 Å². The van der Waals surface area contributed by atoms with Crippen molar-refractivity contribution in [2.24, 2.45) is 0 Å². The number of methoxy groups -OCH3 is 1. The quantitative estimate of drug-likeness (QED) is 0.372. The first-order valence-electron chi connectivity index (χ1n) is 11.4. The highest BCUT2D eigenvalue weighted by Crippen LogP contribution is 2.17. The van der Waals surface area contributed by atoms with Crippen molar-refractivity contribution in [3.8, 4) is 0 Å². The van der Waals surface area contributed by atoms with E-state index in [1.165, 1.54) is 23.0 Å². The summed E-state index contributed by atoms with van der Waals surface area (Å²) in [5.41, 5.74) is 3.26. The zero-order valence-electron chi connectivity index (χ0n) is 18.9.